The lowest BCUT2D eigenvalue weighted by Crippen LogP contribution is -2.53. The first-order valence-electron chi connectivity index (χ1n) is 13.2. The second-order valence-corrected chi connectivity index (χ2v) is 11.7. The van der Waals surface area contributed by atoms with Crippen LogP contribution in [0.2, 0.25) is 5.02 Å². The monoisotopic (exact) mass is 585 g/mol. The molecule has 40 heavy (non-hydrogen) atoms. The number of rotatable bonds is 13. The van der Waals surface area contributed by atoms with Gasteiger partial charge in [-0.05, 0) is 67.8 Å². The summed E-state index contributed by atoms with van der Waals surface area (Å²) in [6.45, 7) is 5.30. The quantitative estimate of drug-likeness (QED) is 0.295. The fourth-order valence-electron chi connectivity index (χ4n) is 4.18. The van der Waals surface area contributed by atoms with E-state index in [4.69, 9.17) is 16.3 Å². The average Bonchev–Trinajstić information content (AvgIpc) is 2.96. The molecular formula is C30H36ClN3O5S. The highest BCUT2D eigenvalue weighted by Gasteiger charge is 2.34. The van der Waals surface area contributed by atoms with Crippen molar-refractivity contribution in [2.24, 2.45) is 0 Å². The second-order valence-electron chi connectivity index (χ2n) is 9.42. The first-order valence-corrected chi connectivity index (χ1v) is 15.0. The molecule has 2 amide bonds. The molecule has 3 rings (SSSR count). The Morgan fingerprint density at radius 1 is 0.950 bits per heavy atom. The van der Waals surface area contributed by atoms with E-state index in [0.29, 0.717) is 17.2 Å². The van der Waals surface area contributed by atoms with E-state index in [9.17, 15) is 18.0 Å². The smallest absolute Gasteiger partial charge is 0.264 e. The SMILES string of the molecule is CC[C@@H](C)NC(=O)[C@H](CC)N(Cc1ccccc1)C(=O)CN(c1cccc(Cl)c1)S(=O)(=O)c1ccc(OC)cc1. The molecule has 8 nitrogen and oxygen atoms in total. The molecule has 0 aliphatic carbocycles. The lowest BCUT2D eigenvalue weighted by atomic mass is 10.1. The number of hydrogen-bond donors (Lipinski definition) is 1. The standard InChI is InChI=1S/C30H36ClN3O5S/c1-5-22(3)32-30(36)28(6-2)33(20-23-11-8-7-9-12-23)29(35)21-34(25-14-10-13-24(31)19-25)40(37,38)27-17-15-26(39-4)16-18-27/h7-19,22,28H,5-6,20-21H2,1-4H3,(H,32,36)/t22-,28+/m1/s1. The lowest BCUT2D eigenvalue weighted by Gasteiger charge is -2.33. The summed E-state index contributed by atoms with van der Waals surface area (Å²) in [4.78, 5) is 28.8. The van der Waals surface area contributed by atoms with E-state index in [0.717, 1.165) is 16.3 Å². The summed E-state index contributed by atoms with van der Waals surface area (Å²) < 4.78 is 34.0. The molecule has 0 heterocycles. The highest BCUT2D eigenvalue weighted by atomic mass is 35.5. The number of nitrogens with one attached hydrogen (secondary N) is 1. The van der Waals surface area contributed by atoms with E-state index >= 15 is 0 Å². The summed E-state index contributed by atoms with van der Waals surface area (Å²) in [7, 11) is -2.71. The molecule has 214 valence electrons. The summed E-state index contributed by atoms with van der Waals surface area (Å²) in [5.41, 5.74) is 1.05. The number of halogens is 1. The summed E-state index contributed by atoms with van der Waals surface area (Å²) in [6, 6.07) is 20.7. The molecule has 0 aliphatic heterocycles. The minimum atomic E-state index is -4.20. The maximum atomic E-state index is 14.0. The van der Waals surface area contributed by atoms with Gasteiger partial charge in [0, 0.05) is 17.6 Å². The van der Waals surface area contributed by atoms with Crippen LogP contribution in [-0.4, -0.2) is 50.9 Å². The maximum absolute atomic E-state index is 14.0. The van der Waals surface area contributed by atoms with Crippen LogP contribution < -0.4 is 14.4 Å². The van der Waals surface area contributed by atoms with E-state index in [2.05, 4.69) is 5.32 Å². The van der Waals surface area contributed by atoms with Crippen molar-refractivity contribution in [1.29, 1.82) is 0 Å². The second kappa shape index (κ2) is 14.2. The molecule has 0 radical (unpaired) electrons. The van der Waals surface area contributed by atoms with Gasteiger partial charge in [0.2, 0.25) is 11.8 Å². The van der Waals surface area contributed by atoms with Crippen molar-refractivity contribution in [3.63, 3.8) is 0 Å². The summed E-state index contributed by atoms with van der Waals surface area (Å²) in [6.07, 6.45) is 1.08. The molecule has 0 aromatic heterocycles. The number of sulfonamides is 1. The van der Waals surface area contributed by atoms with Crippen molar-refractivity contribution >= 4 is 39.1 Å². The van der Waals surface area contributed by atoms with Crippen molar-refractivity contribution < 1.29 is 22.7 Å². The van der Waals surface area contributed by atoms with E-state index < -0.39 is 28.5 Å². The number of methoxy groups -OCH3 is 1. The maximum Gasteiger partial charge on any atom is 0.264 e. The number of carbonyl (C=O) groups is 2. The molecule has 0 spiro atoms. The zero-order valence-electron chi connectivity index (χ0n) is 23.2. The van der Waals surface area contributed by atoms with Crippen LogP contribution >= 0.6 is 11.6 Å². The number of nitrogens with zero attached hydrogens (tertiary/aromatic N) is 2. The highest BCUT2D eigenvalue weighted by Crippen LogP contribution is 2.28. The predicted octanol–water partition coefficient (Wildman–Crippen LogP) is 5.27. The van der Waals surface area contributed by atoms with Gasteiger partial charge in [0.25, 0.3) is 10.0 Å². The minimum absolute atomic E-state index is 0.0164. The van der Waals surface area contributed by atoms with Gasteiger partial charge in [-0.2, -0.15) is 0 Å². The Morgan fingerprint density at radius 3 is 2.20 bits per heavy atom. The molecule has 2 atom stereocenters. The molecule has 0 fully saturated rings. The fourth-order valence-corrected chi connectivity index (χ4v) is 5.77. The predicted molar refractivity (Wildman–Crippen MR) is 158 cm³/mol. The molecule has 0 aliphatic rings. The third-order valence-corrected chi connectivity index (χ3v) is 8.63. The van der Waals surface area contributed by atoms with Crippen LogP contribution in [0.25, 0.3) is 0 Å². The Labute approximate surface area is 241 Å². The topological polar surface area (TPSA) is 96.0 Å². The number of hydrogen-bond acceptors (Lipinski definition) is 5. The average molecular weight is 586 g/mol. The molecule has 3 aromatic rings. The van der Waals surface area contributed by atoms with Crippen LogP contribution in [0.5, 0.6) is 5.75 Å². The first kappa shape index (κ1) is 31.0. The van der Waals surface area contributed by atoms with E-state index in [1.54, 1.807) is 30.3 Å². The Balaban J connectivity index is 2.05. The Hall–Kier alpha value is -3.56. The van der Waals surface area contributed by atoms with Crippen LogP contribution in [0.3, 0.4) is 0 Å². The highest BCUT2D eigenvalue weighted by molar-refractivity contribution is 7.92. The molecule has 0 bridgehead atoms. The Bertz CT molecular complexity index is 1380. The molecule has 1 N–H and O–H groups in total. The van der Waals surface area contributed by atoms with Crippen LogP contribution in [0.4, 0.5) is 5.69 Å². The van der Waals surface area contributed by atoms with Gasteiger partial charge in [0.1, 0.15) is 18.3 Å². The van der Waals surface area contributed by atoms with Gasteiger partial charge in [-0.1, -0.05) is 61.8 Å². The van der Waals surface area contributed by atoms with E-state index in [1.807, 2.05) is 51.1 Å². The van der Waals surface area contributed by atoms with Crippen LogP contribution in [0.15, 0.2) is 83.8 Å². The van der Waals surface area contributed by atoms with Crippen molar-refractivity contribution in [3.05, 3.63) is 89.4 Å². The van der Waals surface area contributed by atoms with Gasteiger partial charge < -0.3 is 15.0 Å². The van der Waals surface area contributed by atoms with Gasteiger partial charge in [0.05, 0.1) is 17.7 Å². The van der Waals surface area contributed by atoms with Gasteiger partial charge in [0.15, 0.2) is 0 Å². The van der Waals surface area contributed by atoms with E-state index in [-0.39, 0.29) is 29.1 Å². The van der Waals surface area contributed by atoms with Crippen LogP contribution in [-0.2, 0) is 26.2 Å². The van der Waals surface area contributed by atoms with Crippen LogP contribution in [0, 0.1) is 0 Å². The number of ether oxygens (including phenoxy) is 1. The van der Waals surface area contributed by atoms with Crippen molar-refractivity contribution in [2.45, 2.75) is 57.1 Å². The van der Waals surface area contributed by atoms with Crippen molar-refractivity contribution in [1.82, 2.24) is 10.2 Å². The van der Waals surface area contributed by atoms with Gasteiger partial charge in [-0.15, -0.1) is 0 Å². The molecule has 0 unspecified atom stereocenters. The molecule has 3 aromatic carbocycles. The van der Waals surface area contributed by atoms with Crippen molar-refractivity contribution in [3.8, 4) is 5.75 Å². The van der Waals surface area contributed by atoms with Crippen LogP contribution in [0.1, 0.15) is 39.2 Å². The summed E-state index contributed by atoms with van der Waals surface area (Å²) in [5, 5.41) is 3.29. The van der Waals surface area contributed by atoms with Gasteiger partial charge >= 0.3 is 0 Å². The molecular weight excluding hydrogens is 550 g/mol. The molecule has 0 saturated heterocycles. The van der Waals surface area contributed by atoms with Gasteiger partial charge in [-0.3, -0.25) is 13.9 Å². The Kier molecular flexibility index (Phi) is 11.0. The van der Waals surface area contributed by atoms with E-state index in [1.165, 1.54) is 30.2 Å². The normalized spacial score (nSPS) is 12.7. The zero-order valence-corrected chi connectivity index (χ0v) is 24.8. The third-order valence-electron chi connectivity index (χ3n) is 6.61. The minimum Gasteiger partial charge on any atom is -0.497 e. The third kappa shape index (κ3) is 7.76. The largest absolute Gasteiger partial charge is 0.497 e. The number of benzene rings is 3. The fraction of sp³-hybridized carbons (Fsp3) is 0.333. The van der Waals surface area contributed by atoms with Crippen molar-refractivity contribution in [2.75, 3.05) is 18.0 Å². The number of anilines is 1. The Morgan fingerprint density at radius 2 is 1.62 bits per heavy atom. The summed E-state index contributed by atoms with van der Waals surface area (Å²) in [5.74, 6) is -0.308. The first-order chi connectivity index (χ1) is 19.1. The number of amides is 2. The lowest BCUT2D eigenvalue weighted by molar-refractivity contribution is -0.140. The van der Waals surface area contributed by atoms with Gasteiger partial charge in [-0.25, -0.2) is 8.42 Å². The molecule has 10 heteroatoms. The summed E-state index contributed by atoms with van der Waals surface area (Å²) >= 11 is 6.22. The molecule has 0 saturated carbocycles. The number of carbonyl (C=O) groups excluding carboxylic acids is 2. The zero-order chi connectivity index (χ0) is 29.3.